The second-order valence-corrected chi connectivity index (χ2v) is 7.98. The third-order valence-electron chi connectivity index (χ3n) is 3.59. The Bertz CT molecular complexity index is 498. The highest BCUT2D eigenvalue weighted by molar-refractivity contribution is 6.68. The number of amides is 1. The number of quaternary nitrogens is 1. The van der Waals surface area contributed by atoms with E-state index in [9.17, 15) is 4.79 Å². The van der Waals surface area contributed by atoms with Crippen LogP contribution in [0.5, 0.6) is 0 Å². The summed E-state index contributed by atoms with van der Waals surface area (Å²) in [5.41, 5.74) is 0.457. The summed E-state index contributed by atoms with van der Waals surface area (Å²) >= 11 is 24.1. The molecule has 1 atom stereocenters. The van der Waals surface area contributed by atoms with Crippen molar-refractivity contribution < 1.29 is 9.69 Å². The van der Waals surface area contributed by atoms with Crippen LogP contribution in [0, 0.1) is 0 Å². The maximum absolute atomic E-state index is 12.3. The Balaban J connectivity index is 2.13. The Morgan fingerprint density at radius 3 is 2.43 bits per heavy atom. The van der Waals surface area contributed by atoms with E-state index < -0.39 is 9.96 Å². The maximum Gasteiger partial charge on any atom is 0.262 e. The highest BCUT2D eigenvalue weighted by Gasteiger charge is 2.42. The number of likely N-dealkylation sites (tertiary alicyclic amines) is 1. The molecule has 1 saturated heterocycles. The van der Waals surface area contributed by atoms with E-state index in [2.05, 4.69) is 5.32 Å². The molecular formula is C14H17Cl4N2O+. The Labute approximate surface area is 144 Å². The van der Waals surface area contributed by atoms with Crippen LogP contribution < -0.4 is 10.2 Å². The second-order valence-electron chi connectivity index (χ2n) is 5.18. The molecule has 0 aliphatic carbocycles. The van der Waals surface area contributed by atoms with Crippen LogP contribution in [-0.2, 0) is 0 Å². The standard InChI is InChI=1S/C14H16Cl4N2O/c15-11-6-4-5-10(9-11)12(21)19-13(14(16,17)18)20-7-2-1-3-8-20/h4-6,9,13H,1-3,7-8H2,(H,19,21)/p+1/t13-/m1/s1. The number of benzene rings is 1. The smallest absolute Gasteiger partial charge is 0.262 e. The monoisotopic (exact) mass is 369 g/mol. The van der Waals surface area contributed by atoms with Gasteiger partial charge in [0.15, 0.2) is 0 Å². The molecule has 7 heteroatoms. The van der Waals surface area contributed by atoms with Gasteiger partial charge >= 0.3 is 0 Å². The Morgan fingerprint density at radius 1 is 1.19 bits per heavy atom. The molecule has 0 spiro atoms. The molecule has 1 amide bonds. The largest absolute Gasteiger partial charge is 0.312 e. The van der Waals surface area contributed by atoms with Gasteiger partial charge in [0, 0.05) is 10.6 Å². The number of piperidine rings is 1. The first-order valence-corrected chi connectivity index (χ1v) is 8.37. The van der Waals surface area contributed by atoms with Gasteiger partial charge in [0.25, 0.3) is 9.70 Å². The summed E-state index contributed by atoms with van der Waals surface area (Å²) in [6.45, 7) is 1.77. The van der Waals surface area contributed by atoms with Crippen LogP contribution in [0.15, 0.2) is 24.3 Å². The lowest BCUT2D eigenvalue weighted by Gasteiger charge is -2.35. The van der Waals surface area contributed by atoms with Crippen molar-refractivity contribution in [1.29, 1.82) is 0 Å². The molecule has 116 valence electrons. The van der Waals surface area contributed by atoms with Gasteiger partial charge in [-0.3, -0.25) is 10.1 Å². The van der Waals surface area contributed by atoms with E-state index in [0.717, 1.165) is 30.8 Å². The number of hydrogen-bond acceptors (Lipinski definition) is 1. The van der Waals surface area contributed by atoms with Crippen LogP contribution in [-0.4, -0.2) is 29.0 Å². The zero-order valence-corrected chi connectivity index (χ0v) is 14.4. The predicted molar refractivity (Wildman–Crippen MR) is 87.5 cm³/mol. The number of carbonyl (C=O) groups is 1. The minimum atomic E-state index is -1.55. The van der Waals surface area contributed by atoms with Crippen LogP contribution in [0.4, 0.5) is 0 Å². The first kappa shape index (κ1) is 17.2. The molecule has 1 aliphatic heterocycles. The Kier molecular flexibility index (Phi) is 6.04. The third kappa shape index (κ3) is 4.90. The Hall–Kier alpha value is -0.190. The van der Waals surface area contributed by atoms with E-state index in [-0.39, 0.29) is 5.91 Å². The van der Waals surface area contributed by atoms with Crippen LogP contribution in [0.2, 0.25) is 5.02 Å². The number of alkyl halides is 3. The van der Waals surface area contributed by atoms with Crippen molar-refractivity contribution in [3.63, 3.8) is 0 Å². The molecule has 1 heterocycles. The van der Waals surface area contributed by atoms with E-state index in [4.69, 9.17) is 46.4 Å². The molecule has 2 N–H and O–H groups in total. The van der Waals surface area contributed by atoms with Gasteiger partial charge < -0.3 is 4.90 Å². The minimum Gasteiger partial charge on any atom is -0.312 e. The number of carbonyl (C=O) groups excluding carboxylic acids is 1. The summed E-state index contributed by atoms with van der Waals surface area (Å²) in [4.78, 5) is 13.4. The van der Waals surface area contributed by atoms with Crippen molar-refractivity contribution in [1.82, 2.24) is 5.32 Å². The Morgan fingerprint density at radius 2 is 1.86 bits per heavy atom. The van der Waals surface area contributed by atoms with Crippen LogP contribution in [0.1, 0.15) is 29.6 Å². The summed E-state index contributed by atoms with van der Waals surface area (Å²) in [6.07, 6.45) is 2.74. The average molecular weight is 371 g/mol. The molecule has 0 bridgehead atoms. The molecule has 0 unspecified atom stereocenters. The molecule has 0 saturated carbocycles. The van der Waals surface area contributed by atoms with Gasteiger partial charge in [0.05, 0.1) is 13.1 Å². The van der Waals surface area contributed by atoms with Crippen molar-refractivity contribution in [2.24, 2.45) is 0 Å². The summed E-state index contributed by atoms with van der Waals surface area (Å²) < 4.78 is -1.55. The molecule has 1 aromatic carbocycles. The van der Waals surface area contributed by atoms with Crippen molar-refractivity contribution in [3.8, 4) is 0 Å². The molecule has 0 radical (unpaired) electrons. The van der Waals surface area contributed by atoms with Gasteiger partial charge in [0.2, 0.25) is 6.17 Å². The van der Waals surface area contributed by atoms with E-state index in [0.29, 0.717) is 10.6 Å². The summed E-state index contributed by atoms with van der Waals surface area (Å²) in [5, 5.41) is 3.34. The van der Waals surface area contributed by atoms with Gasteiger partial charge in [-0.2, -0.15) is 0 Å². The lowest BCUT2D eigenvalue weighted by atomic mass is 10.1. The van der Waals surface area contributed by atoms with Gasteiger partial charge in [-0.1, -0.05) is 52.5 Å². The van der Waals surface area contributed by atoms with E-state index in [1.807, 2.05) is 0 Å². The average Bonchev–Trinajstić information content (AvgIpc) is 2.44. The van der Waals surface area contributed by atoms with Crippen LogP contribution in [0.25, 0.3) is 0 Å². The molecule has 1 fully saturated rings. The zero-order valence-electron chi connectivity index (χ0n) is 11.3. The number of rotatable bonds is 3. The van der Waals surface area contributed by atoms with Gasteiger partial charge in [0.1, 0.15) is 0 Å². The lowest BCUT2D eigenvalue weighted by molar-refractivity contribution is -0.931. The number of hydrogen-bond donors (Lipinski definition) is 2. The van der Waals surface area contributed by atoms with E-state index in [1.54, 1.807) is 24.3 Å². The fraction of sp³-hybridized carbons (Fsp3) is 0.500. The van der Waals surface area contributed by atoms with Gasteiger partial charge in [-0.25, -0.2) is 0 Å². The van der Waals surface area contributed by atoms with Crippen LogP contribution >= 0.6 is 46.4 Å². The molecule has 1 aromatic rings. The molecule has 3 nitrogen and oxygen atoms in total. The van der Waals surface area contributed by atoms with Crippen molar-refractivity contribution >= 4 is 52.3 Å². The van der Waals surface area contributed by atoms with E-state index in [1.165, 1.54) is 6.42 Å². The fourth-order valence-corrected chi connectivity index (χ4v) is 3.37. The molecular weight excluding hydrogens is 354 g/mol. The lowest BCUT2D eigenvalue weighted by Crippen LogP contribution is -3.20. The predicted octanol–water partition coefficient (Wildman–Crippen LogP) is 2.83. The third-order valence-corrected chi connectivity index (χ3v) is 4.48. The van der Waals surface area contributed by atoms with Crippen LogP contribution in [0.3, 0.4) is 0 Å². The highest BCUT2D eigenvalue weighted by atomic mass is 35.6. The topological polar surface area (TPSA) is 33.5 Å². The summed E-state index contributed by atoms with van der Waals surface area (Å²) in [5.74, 6) is -0.285. The van der Waals surface area contributed by atoms with Crippen molar-refractivity contribution in [2.75, 3.05) is 13.1 Å². The molecule has 0 aromatic heterocycles. The number of nitrogens with one attached hydrogen (secondary N) is 2. The number of halogens is 4. The molecule has 1 aliphatic rings. The van der Waals surface area contributed by atoms with Crippen molar-refractivity contribution in [2.45, 2.75) is 29.2 Å². The first-order chi connectivity index (χ1) is 9.88. The summed E-state index contributed by atoms with van der Waals surface area (Å²) in [6, 6.07) is 6.70. The molecule has 21 heavy (non-hydrogen) atoms. The first-order valence-electron chi connectivity index (χ1n) is 6.85. The zero-order chi connectivity index (χ0) is 15.5. The highest BCUT2D eigenvalue weighted by Crippen LogP contribution is 2.28. The van der Waals surface area contributed by atoms with Gasteiger partial charge in [-0.15, -0.1) is 0 Å². The second kappa shape index (κ2) is 7.38. The van der Waals surface area contributed by atoms with Crippen molar-refractivity contribution in [3.05, 3.63) is 34.9 Å². The van der Waals surface area contributed by atoms with Gasteiger partial charge in [-0.05, 0) is 37.5 Å². The fourth-order valence-electron chi connectivity index (χ4n) is 2.55. The quantitative estimate of drug-likeness (QED) is 0.788. The normalized spacial score (nSPS) is 18.3. The molecule has 2 rings (SSSR count). The minimum absolute atomic E-state index is 0.285. The SMILES string of the molecule is O=C(N[C@H]([NH+]1CCCCC1)C(Cl)(Cl)Cl)c1cccc(Cl)c1. The summed E-state index contributed by atoms with van der Waals surface area (Å²) in [7, 11) is 0. The van der Waals surface area contributed by atoms with E-state index >= 15 is 0 Å². The maximum atomic E-state index is 12.3.